The third kappa shape index (κ3) is 8.64. The van der Waals surface area contributed by atoms with Gasteiger partial charge >= 0.3 is 0 Å². The summed E-state index contributed by atoms with van der Waals surface area (Å²) < 4.78 is 0. The molecule has 0 aliphatic carbocycles. The van der Waals surface area contributed by atoms with Gasteiger partial charge in [0.1, 0.15) is 0 Å². The summed E-state index contributed by atoms with van der Waals surface area (Å²) in [6.45, 7) is 12.9. The van der Waals surface area contributed by atoms with Crippen molar-refractivity contribution in [3.8, 4) is 10.4 Å². The Hall–Kier alpha value is -2.59. The molecule has 0 saturated heterocycles. The van der Waals surface area contributed by atoms with Crippen LogP contribution in [0.3, 0.4) is 0 Å². The van der Waals surface area contributed by atoms with Crippen LogP contribution in [0.5, 0.6) is 0 Å². The molecule has 3 rings (SSSR count). The molecular weight excluding hydrogens is 436 g/mol. The number of hydrogen-bond acceptors (Lipinski definition) is 3. The normalized spacial score (nSPS) is 11.6. The number of hydrogen-bond donors (Lipinski definition) is 2. The largest absolute Gasteiger partial charge is 0.399 e. The lowest BCUT2D eigenvalue weighted by molar-refractivity contribution is 0.0939. The van der Waals surface area contributed by atoms with Crippen LogP contribution in [-0.2, 0) is 6.42 Å². The Kier molecular flexibility index (Phi) is 11.4. The van der Waals surface area contributed by atoms with E-state index in [4.69, 9.17) is 5.73 Å². The molecule has 0 aliphatic rings. The number of unbranched alkanes of at least 4 members (excludes halogenated alkanes) is 3. The molecule has 0 fully saturated rings. The smallest absolute Gasteiger partial charge is 0.252 e. The van der Waals surface area contributed by atoms with Crippen molar-refractivity contribution in [1.82, 2.24) is 5.32 Å². The summed E-state index contributed by atoms with van der Waals surface area (Å²) in [5, 5.41) is 3.10. The summed E-state index contributed by atoms with van der Waals surface area (Å²) in [5.74, 6) is 0.557. The number of carbonyl (C=O) groups is 1. The van der Waals surface area contributed by atoms with Crippen LogP contribution in [0, 0.1) is 12.8 Å². The minimum atomic E-state index is -0.0990. The number of aryl methyl sites for hydroxylation is 1. The minimum absolute atomic E-state index is 0.0941. The first kappa shape index (κ1) is 27.7. The Morgan fingerprint density at radius 1 is 0.971 bits per heavy atom. The second-order valence-corrected chi connectivity index (χ2v) is 10.6. The molecule has 1 heterocycles. The fraction of sp³-hybridized carbons (Fsp3) is 0.433. The molecule has 184 valence electrons. The second-order valence-electron chi connectivity index (χ2n) is 9.47. The van der Waals surface area contributed by atoms with E-state index < -0.39 is 0 Å². The monoisotopic (exact) mass is 478 g/mol. The number of nitrogens with one attached hydrogen (secondary N) is 1. The van der Waals surface area contributed by atoms with Gasteiger partial charge in [0.25, 0.3) is 5.91 Å². The number of benzene rings is 2. The predicted octanol–water partition coefficient (Wildman–Crippen LogP) is 8.58. The number of nitrogen functional groups attached to an aromatic ring is 1. The highest BCUT2D eigenvalue weighted by atomic mass is 32.1. The average molecular weight is 479 g/mol. The molecule has 2 aromatic carbocycles. The molecule has 0 aliphatic heterocycles. The molecular formula is C30H42N2OS. The molecule has 3 aromatic rings. The highest BCUT2D eigenvalue weighted by Crippen LogP contribution is 2.31. The van der Waals surface area contributed by atoms with E-state index in [2.05, 4.69) is 69.4 Å². The van der Waals surface area contributed by atoms with Crippen molar-refractivity contribution in [2.24, 2.45) is 5.92 Å². The third-order valence-electron chi connectivity index (χ3n) is 5.75. The number of carbonyl (C=O) groups excluding carboxylic acids is 1. The van der Waals surface area contributed by atoms with Gasteiger partial charge < -0.3 is 11.1 Å². The maximum absolute atomic E-state index is 12.7. The Morgan fingerprint density at radius 2 is 1.68 bits per heavy atom. The Bertz CT molecular complexity index is 1030. The van der Waals surface area contributed by atoms with E-state index in [9.17, 15) is 4.79 Å². The first-order chi connectivity index (χ1) is 16.2. The Balaban J connectivity index is 0.000000604. The summed E-state index contributed by atoms with van der Waals surface area (Å²) >= 11 is 1.85. The zero-order valence-electron chi connectivity index (χ0n) is 21.8. The van der Waals surface area contributed by atoms with Gasteiger partial charge in [-0.3, -0.25) is 4.79 Å². The third-order valence-corrected chi connectivity index (χ3v) is 6.91. The number of rotatable bonds is 9. The molecule has 1 atom stereocenters. The topological polar surface area (TPSA) is 55.1 Å². The highest BCUT2D eigenvalue weighted by molar-refractivity contribution is 7.15. The van der Waals surface area contributed by atoms with Gasteiger partial charge in [-0.1, -0.05) is 77.6 Å². The summed E-state index contributed by atoms with van der Waals surface area (Å²) in [5.41, 5.74) is 10.3. The zero-order valence-corrected chi connectivity index (χ0v) is 22.6. The number of thiophene rings is 1. The SMILES string of the molecule is CCCCCC.Cc1ccc(N)cc1C(=O)NC(C)c1cccc(-c2ccc(CC(C)C)s2)c1. The predicted molar refractivity (Wildman–Crippen MR) is 150 cm³/mol. The first-order valence-electron chi connectivity index (χ1n) is 12.6. The molecule has 4 heteroatoms. The molecule has 0 bridgehead atoms. The molecule has 0 spiro atoms. The lowest BCUT2D eigenvalue weighted by Gasteiger charge is -2.16. The quantitative estimate of drug-likeness (QED) is 0.239. The maximum atomic E-state index is 12.7. The van der Waals surface area contributed by atoms with Crippen LogP contribution < -0.4 is 11.1 Å². The standard InChI is InChI=1S/C24H28N2OS.C6H14/c1-15(2)12-21-10-11-23(28-21)19-7-5-6-18(13-19)17(4)26-24(27)22-14-20(25)9-8-16(22)3;1-3-5-6-4-2/h5-11,13-15,17H,12,25H2,1-4H3,(H,26,27);3-6H2,1-2H3. The van der Waals surface area contributed by atoms with E-state index in [-0.39, 0.29) is 11.9 Å². The van der Waals surface area contributed by atoms with E-state index in [0.717, 1.165) is 17.5 Å². The van der Waals surface area contributed by atoms with Crippen LogP contribution >= 0.6 is 11.3 Å². The molecule has 3 nitrogen and oxygen atoms in total. The molecule has 1 unspecified atom stereocenters. The molecule has 1 amide bonds. The van der Waals surface area contributed by atoms with Crippen molar-refractivity contribution in [1.29, 1.82) is 0 Å². The number of nitrogens with two attached hydrogens (primary N) is 1. The lowest BCUT2D eigenvalue weighted by Crippen LogP contribution is -2.27. The molecule has 0 radical (unpaired) electrons. The van der Waals surface area contributed by atoms with Crippen molar-refractivity contribution < 1.29 is 4.79 Å². The number of amides is 1. The van der Waals surface area contributed by atoms with Gasteiger partial charge in [0.15, 0.2) is 0 Å². The van der Waals surface area contributed by atoms with E-state index in [0.29, 0.717) is 17.2 Å². The average Bonchev–Trinajstić information content (AvgIpc) is 3.27. The van der Waals surface area contributed by atoms with E-state index >= 15 is 0 Å². The maximum Gasteiger partial charge on any atom is 0.252 e. The molecule has 1 aromatic heterocycles. The lowest BCUT2D eigenvalue weighted by atomic mass is 10.0. The molecule has 34 heavy (non-hydrogen) atoms. The molecule has 0 saturated carbocycles. The van der Waals surface area contributed by atoms with Crippen molar-refractivity contribution in [3.63, 3.8) is 0 Å². The van der Waals surface area contributed by atoms with Crippen molar-refractivity contribution >= 4 is 22.9 Å². The van der Waals surface area contributed by atoms with Crippen LogP contribution in [0.2, 0.25) is 0 Å². The van der Waals surface area contributed by atoms with Crippen LogP contribution in [0.15, 0.2) is 54.6 Å². The summed E-state index contributed by atoms with van der Waals surface area (Å²) in [6, 6.07) is 18.2. The fourth-order valence-electron chi connectivity index (χ4n) is 3.75. The van der Waals surface area contributed by atoms with Crippen LogP contribution in [-0.4, -0.2) is 5.91 Å². The van der Waals surface area contributed by atoms with E-state index in [1.807, 2.05) is 37.3 Å². The zero-order chi connectivity index (χ0) is 25.1. The van der Waals surface area contributed by atoms with Gasteiger partial charge in [0, 0.05) is 21.0 Å². The fourth-order valence-corrected chi connectivity index (χ4v) is 4.96. The first-order valence-corrected chi connectivity index (χ1v) is 13.4. The van der Waals surface area contributed by atoms with Crippen LogP contribution in [0.4, 0.5) is 5.69 Å². The van der Waals surface area contributed by atoms with Crippen LogP contribution in [0.1, 0.15) is 92.7 Å². The molecule has 3 N–H and O–H groups in total. The summed E-state index contributed by atoms with van der Waals surface area (Å²) in [4.78, 5) is 15.4. The highest BCUT2D eigenvalue weighted by Gasteiger charge is 2.15. The van der Waals surface area contributed by atoms with Gasteiger partial charge in [-0.15, -0.1) is 11.3 Å². The minimum Gasteiger partial charge on any atom is -0.399 e. The summed E-state index contributed by atoms with van der Waals surface area (Å²) in [7, 11) is 0. The van der Waals surface area contributed by atoms with Gasteiger partial charge in [-0.2, -0.15) is 0 Å². The summed E-state index contributed by atoms with van der Waals surface area (Å²) in [6.07, 6.45) is 6.64. The van der Waals surface area contributed by atoms with Gasteiger partial charge in [-0.25, -0.2) is 0 Å². The van der Waals surface area contributed by atoms with E-state index in [1.54, 1.807) is 6.07 Å². The Morgan fingerprint density at radius 3 is 2.32 bits per heavy atom. The van der Waals surface area contributed by atoms with Crippen molar-refractivity contribution in [3.05, 3.63) is 76.2 Å². The van der Waals surface area contributed by atoms with Crippen molar-refractivity contribution in [2.45, 2.75) is 79.7 Å². The second kappa shape index (κ2) is 14.0. The van der Waals surface area contributed by atoms with Crippen LogP contribution in [0.25, 0.3) is 10.4 Å². The number of anilines is 1. The van der Waals surface area contributed by atoms with Gasteiger partial charge in [0.05, 0.1) is 6.04 Å². The van der Waals surface area contributed by atoms with E-state index in [1.165, 1.54) is 41.0 Å². The van der Waals surface area contributed by atoms with Crippen molar-refractivity contribution in [2.75, 3.05) is 5.73 Å². The van der Waals surface area contributed by atoms with Gasteiger partial charge in [-0.05, 0) is 73.2 Å². The van der Waals surface area contributed by atoms with Gasteiger partial charge in [0.2, 0.25) is 0 Å². The Labute approximate surface area is 210 Å².